The van der Waals surface area contributed by atoms with Crippen LogP contribution < -0.4 is 4.90 Å². The van der Waals surface area contributed by atoms with E-state index in [1.807, 2.05) is 25.1 Å². The van der Waals surface area contributed by atoms with Crippen molar-refractivity contribution in [3.63, 3.8) is 0 Å². The molecule has 0 radical (unpaired) electrons. The van der Waals surface area contributed by atoms with E-state index in [2.05, 4.69) is 32.1 Å². The Hall–Kier alpha value is -2.51. The Balaban J connectivity index is 1.66. The van der Waals surface area contributed by atoms with Crippen molar-refractivity contribution in [2.45, 2.75) is 25.9 Å². The van der Waals surface area contributed by atoms with Gasteiger partial charge in [-0.3, -0.25) is 0 Å². The molecule has 3 aromatic rings. The molecule has 0 amide bonds. The van der Waals surface area contributed by atoms with E-state index in [0.29, 0.717) is 12.8 Å². The molecule has 146 valence electrons. The van der Waals surface area contributed by atoms with Crippen molar-refractivity contribution >= 4 is 33.3 Å². The van der Waals surface area contributed by atoms with E-state index in [0.717, 1.165) is 46.1 Å². The molecule has 3 heterocycles. The van der Waals surface area contributed by atoms with Crippen LogP contribution in [0.3, 0.4) is 0 Å². The van der Waals surface area contributed by atoms with Gasteiger partial charge in [0.2, 0.25) is 0 Å². The number of carbonyl (C=O) groups excluding carboxylic acids is 1. The lowest BCUT2D eigenvalue weighted by Crippen LogP contribution is -2.41. The largest absolute Gasteiger partial charge is 0.467 e. The van der Waals surface area contributed by atoms with E-state index in [1.54, 1.807) is 11.3 Å². The number of ether oxygens (including phenoxy) is 1. The third kappa shape index (κ3) is 3.47. The molecule has 1 aromatic carbocycles. The van der Waals surface area contributed by atoms with Crippen LogP contribution in [-0.2, 0) is 9.53 Å². The van der Waals surface area contributed by atoms with Crippen molar-refractivity contribution in [2.75, 3.05) is 25.1 Å². The third-order valence-electron chi connectivity index (χ3n) is 5.34. The highest BCUT2D eigenvalue weighted by Crippen LogP contribution is 2.39. The van der Waals surface area contributed by atoms with Crippen LogP contribution in [-0.4, -0.2) is 47.3 Å². The number of aromatic nitrogens is 2. The van der Waals surface area contributed by atoms with Crippen LogP contribution in [0.4, 0.5) is 5.82 Å². The molecule has 6 nitrogen and oxygen atoms in total. The second-order valence-electron chi connectivity index (χ2n) is 7.08. The Kier molecular flexibility index (Phi) is 5.28. The molecule has 0 saturated carbocycles. The Bertz CT molecular complexity index is 981. The summed E-state index contributed by atoms with van der Waals surface area (Å²) in [7, 11) is 1.31. The van der Waals surface area contributed by atoms with Gasteiger partial charge in [-0.15, -0.1) is 11.3 Å². The molecular weight excluding hydrogens is 374 g/mol. The molecule has 0 aliphatic carbocycles. The Morgan fingerprint density at radius 3 is 2.64 bits per heavy atom. The topological polar surface area (TPSA) is 75.6 Å². The van der Waals surface area contributed by atoms with Gasteiger partial charge in [-0.2, -0.15) is 0 Å². The number of piperidine rings is 1. The van der Waals surface area contributed by atoms with E-state index in [9.17, 15) is 9.90 Å². The predicted octanol–water partition coefficient (Wildman–Crippen LogP) is 3.42. The predicted molar refractivity (Wildman–Crippen MR) is 111 cm³/mol. The van der Waals surface area contributed by atoms with Gasteiger partial charge in [0.1, 0.15) is 16.5 Å². The third-order valence-corrected chi connectivity index (χ3v) is 6.21. The summed E-state index contributed by atoms with van der Waals surface area (Å²) in [6.45, 7) is 3.38. The smallest absolute Gasteiger partial charge is 0.334 e. The van der Waals surface area contributed by atoms with Gasteiger partial charge in [0.05, 0.1) is 12.5 Å². The quantitative estimate of drug-likeness (QED) is 0.680. The summed E-state index contributed by atoms with van der Waals surface area (Å²) in [5, 5.41) is 13.4. The van der Waals surface area contributed by atoms with E-state index in [4.69, 9.17) is 4.98 Å². The second-order valence-corrected chi connectivity index (χ2v) is 7.94. The van der Waals surface area contributed by atoms with E-state index >= 15 is 0 Å². The fourth-order valence-electron chi connectivity index (χ4n) is 3.83. The lowest BCUT2D eigenvalue weighted by molar-refractivity contribution is -0.153. The zero-order valence-corrected chi connectivity index (χ0v) is 16.8. The van der Waals surface area contributed by atoms with Gasteiger partial charge < -0.3 is 14.7 Å². The molecule has 2 aromatic heterocycles. The molecule has 1 fully saturated rings. The first-order chi connectivity index (χ1) is 13.6. The molecule has 1 aliphatic rings. The van der Waals surface area contributed by atoms with Gasteiger partial charge in [-0.1, -0.05) is 30.3 Å². The molecule has 7 heteroatoms. The number of thiophene rings is 1. The first-order valence-corrected chi connectivity index (χ1v) is 10.3. The molecule has 1 N–H and O–H groups in total. The number of esters is 1. The van der Waals surface area contributed by atoms with Crippen LogP contribution in [0.15, 0.2) is 35.7 Å². The average molecular weight is 398 g/mol. The number of aliphatic hydroxyl groups excluding tert-OH is 1. The van der Waals surface area contributed by atoms with Gasteiger partial charge in [0.25, 0.3) is 0 Å². The molecule has 4 rings (SSSR count). The van der Waals surface area contributed by atoms with Gasteiger partial charge in [0.15, 0.2) is 6.10 Å². The number of fused-ring (bicyclic) bond motifs is 1. The minimum Gasteiger partial charge on any atom is -0.467 e. The van der Waals surface area contributed by atoms with Crippen molar-refractivity contribution in [1.82, 2.24) is 9.97 Å². The Morgan fingerprint density at radius 1 is 1.25 bits per heavy atom. The monoisotopic (exact) mass is 397 g/mol. The summed E-state index contributed by atoms with van der Waals surface area (Å²) in [6.07, 6.45) is 0.373. The molecule has 1 saturated heterocycles. The molecule has 28 heavy (non-hydrogen) atoms. The summed E-state index contributed by atoms with van der Waals surface area (Å²) in [6, 6.07) is 10.3. The maximum Gasteiger partial charge on any atom is 0.334 e. The number of nitrogens with zero attached hydrogens (tertiary/aromatic N) is 3. The molecule has 1 aliphatic heterocycles. The SMILES string of the molecule is COC(=O)C(O)C1CCN(c2nc(C)nc3scc(-c4ccccc4)c23)CC1. The molecule has 0 bridgehead atoms. The summed E-state index contributed by atoms with van der Waals surface area (Å²) < 4.78 is 4.68. The highest BCUT2D eigenvalue weighted by atomic mass is 32.1. The Labute approximate surface area is 167 Å². The number of aryl methyl sites for hydroxylation is 1. The fraction of sp³-hybridized carbons (Fsp3) is 0.381. The van der Waals surface area contributed by atoms with Gasteiger partial charge >= 0.3 is 5.97 Å². The summed E-state index contributed by atoms with van der Waals surface area (Å²) in [4.78, 5) is 24.3. The fourth-order valence-corrected chi connectivity index (χ4v) is 4.81. The standard InChI is InChI=1S/C21H23N3O3S/c1-13-22-19(24-10-8-15(9-11-24)18(25)21(26)27-2)17-16(12-28-20(17)23-13)14-6-4-3-5-7-14/h3-7,12,15,18,25H,8-11H2,1-2H3. The minimum absolute atomic E-state index is 0.0850. The number of anilines is 1. The number of carbonyl (C=O) groups is 1. The van der Waals surface area contributed by atoms with E-state index in [-0.39, 0.29) is 5.92 Å². The van der Waals surface area contributed by atoms with Crippen LogP contribution in [0.1, 0.15) is 18.7 Å². The van der Waals surface area contributed by atoms with E-state index < -0.39 is 12.1 Å². The first-order valence-electron chi connectivity index (χ1n) is 9.40. The Morgan fingerprint density at radius 2 is 1.96 bits per heavy atom. The number of methoxy groups -OCH3 is 1. The normalized spacial score (nSPS) is 16.3. The van der Waals surface area contributed by atoms with Gasteiger partial charge in [-0.05, 0) is 31.2 Å². The molecule has 0 spiro atoms. The number of hydrogen-bond acceptors (Lipinski definition) is 7. The first kappa shape index (κ1) is 18.8. The summed E-state index contributed by atoms with van der Waals surface area (Å²) >= 11 is 1.63. The number of hydrogen-bond donors (Lipinski definition) is 1. The van der Waals surface area contributed by atoms with Crippen LogP contribution in [0.2, 0.25) is 0 Å². The summed E-state index contributed by atoms with van der Waals surface area (Å²) in [5.41, 5.74) is 2.30. The number of rotatable bonds is 4. The number of aliphatic hydroxyl groups is 1. The molecule has 1 unspecified atom stereocenters. The highest BCUT2D eigenvalue weighted by molar-refractivity contribution is 7.17. The second kappa shape index (κ2) is 7.85. The molecular formula is C21H23N3O3S. The van der Waals surface area contributed by atoms with Crippen molar-refractivity contribution in [3.05, 3.63) is 41.5 Å². The van der Waals surface area contributed by atoms with Gasteiger partial charge in [-0.25, -0.2) is 14.8 Å². The lowest BCUT2D eigenvalue weighted by atomic mass is 9.91. The maximum atomic E-state index is 11.6. The minimum atomic E-state index is -1.06. The number of benzene rings is 1. The van der Waals surface area contributed by atoms with Crippen LogP contribution in [0.5, 0.6) is 0 Å². The van der Waals surface area contributed by atoms with Crippen molar-refractivity contribution in [1.29, 1.82) is 0 Å². The van der Waals surface area contributed by atoms with E-state index in [1.165, 1.54) is 7.11 Å². The van der Waals surface area contributed by atoms with Gasteiger partial charge in [0, 0.05) is 24.0 Å². The highest BCUT2D eigenvalue weighted by Gasteiger charge is 2.31. The van der Waals surface area contributed by atoms with Crippen molar-refractivity contribution in [3.8, 4) is 11.1 Å². The maximum absolute atomic E-state index is 11.6. The molecule has 1 atom stereocenters. The summed E-state index contributed by atoms with van der Waals surface area (Å²) in [5.74, 6) is 1.05. The van der Waals surface area contributed by atoms with Crippen LogP contribution in [0, 0.1) is 12.8 Å². The van der Waals surface area contributed by atoms with Crippen LogP contribution in [0.25, 0.3) is 21.3 Å². The lowest BCUT2D eigenvalue weighted by Gasteiger charge is -2.34. The average Bonchev–Trinajstić information content (AvgIpc) is 3.16. The van der Waals surface area contributed by atoms with Crippen molar-refractivity contribution < 1.29 is 14.6 Å². The zero-order chi connectivity index (χ0) is 19.7. The van der Waals surface area contributed by atoms with Crippen molar-refractivity contribution in [2.24, 2.45) is 5.92 Å². The zero-order valence-electron chi connectivity index (χ0n) is 16.0. The van der Waals surface area contributed by atoms with Crippen LogP contribution >= 0.6 is 11.3 Å².